The van der Waals surface area contributed by atoms with Gasteiger partial charge in [-0.05, 0) is 31.7 Å². The van der Waals surface area contributed by atoms with Gasteiger partial charge in [0.2, 0.25) is 17.7 Å². The van der Waals surface area contributed by atoms with Gasteiger partial charge in [0.15, 0.2) is 0 Å². The quantitative estimate of drug-likeness (QED) is 0.626. The number of likely N-dealkylation sites (tertiary alicyclic amines) is 1. The molecular formula is C21H32N4O3. The van der Waals surface area contributed by atoms with Gasteiger partial charge in [-0.2, -0.15) is 0 Å². The lowest BCUT2D eigenvalue weighted by atomic mass is 9.98. The van der Waals surface area contributed by atoms with Crippen molar-refractivity contribution in [2.24, 2.45) is 5.73 Å². The third-order valence-electron chi connectivity index (χ3n) is 5.09. The van der Waals surface area contributed by atoms with Crippen molar-refractivity contribution in [3.8, 4) is 0 Å². The largest absolute Gasteiger partial charge is 0.354 e. The van der Waals surface area contributed by atoms with Crippen molar-refractivity contribution >= 4 is 17.7 Å². The van der Waals surface area contributed by atoms with Gasteiger partial charge >= 0.3 is 0 Å². The summed E-state index contributed by atoms with van der Waals surface area (Å²) in [6, 6.07) is 7.48. The van der Waals surface area contributed by atoms with Gasteiger partial charge < -0.3 is 21.3 Å². The number of hydrogen-bond donors (Lipinski definition) is 3. The SMILES string of the molecule is CC(=O)NC(CC(=O)N1CCCCC1CNC(=O)CCN)c1ccc(C)cc1. The van der Waals surface area contributed by atoms with Crippen LogP contribution in [0.1, 0.15) is 56.2 Å². The molecular weight excluding hydrogens is 356 g/mol. The van der Waals surface area contributed by atoms with Crippen LogP contribution in [-0.4, -0.2) is 48.3 Å². The smallest absolute Gasteiger partial charge is 0.225 e. The summed E-state index contributed by atoms with van der Waals surface area (Å²) in [6.45, 7) is 4.90. The van der Waals surface area contributed by atoms with E-state index in [1.54, 1.807) is 0 Å². The van der Waals surface area contributed by atoms with E-state index < -0.39 is 0 Å². The first-order valence-corrected chi connectivity index (χ1v) is 10.0. The number of hydrogen-bond acceptors (Lipinski definition) is 4. The molecule has 1 fully saturated rings. The van der Waals surface area contributed by atoms with Gasteiger partial charge in [-0.1, -0.05) is 29.8 Å². The lowest BCUT2D eigenvalue weighted by Gasteiger charge is -2.37. The highest BCUT2D eigenvalue weighted by Crippen LogP contribution is 2.23. The molecule has 0 aromatic heterocycles. The second-order valence-corrected chi connectivity index (χ2v) is 7.45. The number of nitrogens with zero attached hydrogens (tertiary/aromatic N) is 1. The average molecular weight is 389 g/mol. The van der Waals surface area contributed by atoms with Crippen LogP contribution in [0.25, 0.3) is 0 Å². The third-order valence-corrected chi connectivity index (χ3v) is 5.09. The molecule has 2 rings (SSSR count). The second-order valence-electron chi connectivity index (χ2n) is 7.45. The Morgan fingerprint density at radius 3 is 2.57 bits per heavy atom. The molecule has 0 spiro atoms. The first kappa shape index (κ1) is 21.9. The highest BCUT2D eigenvalue weighted by molar-refractivity contribution is 5.80. The van der Waals surface area contributed by atoms with E-state index in [4.69, 9.17) is 5.73 Å². The summed E-state index contributed by atoms with van der Waals surface area (Å²) >= 11 is 0. The van der Waals surface area contributed by atoms with Crippen LogP contribution >= 0.6 is 0 Å². The van der Waals surface area contributed by atoms with Crippen LogP contribution in [0.15, 0.2) is 24.3 Å². The zero-order chi connectivity index (χ0) is 20.5. The zero-order valence-corrected chi connectivity index (χ0v) is 16.9. The van der Waals surface area contributed by atoms with Gasteiger partial charge in [-0.15, -0.1) is 0 Å². The molecule has 7 nitrogen and oxygen atoms in total. The van der Waals surface area contributed by atoms with Crippen LogP contribution in [0.5, 0.6) is 0 Å². The minimum atomic E-state index is -0.361. The predicted molar refractivity (Wildman–Crippen MR) is 108 cm³/mol. The maximum absolute atomic E-state index is 13.1. The first-order chi connectivity index (χ1) is 13.4. The molecule has 1 heterocycles. The van der Waals surface area contributed by atoms with Crippen molar-refractivity contribution in [3.05, 3.63) is 35.4 Å². The third kappa shape index (κ3) is 6.64. The fraction of sp³-hybridized carbons (Fsp3) is 0.571. The first-order valence-electron chi connectivity index (χ1n) is 10.0. The minimum absolute atomic E-state index is 0.00269. The van der Waals surface area contributed by atoms with Crippen molar-refractivity contribution in [3.63, 3.8) is 0 Å². The molecule has 0 bridgehead atoms. The van der Waals surface area contributed by atoms with Crippen LogP contribution in [0.2, 0.25) is 0 Å². The van der Waals surface area contributed by atoms with Crippen molar-refractivity contribution in [1.29, 1.82) is 0 Å². The fourth-order valence-corrected chi connectivity index (χ4v) is 3.58. The molecule has 1 saturated heterocycles. The summed E-state index contributed by atoms with van der Waals surface area (Å²) in [5, 5.41) is 5.78. The standard InChI is InChI=1S/C21H32N4O3/c1-15-6-8-17(9-7-15)19(24-16(2)26)13-21(28)25-12-4-3-5-18(25)14-23-20(27)10-11-22/h6-9,18-19H,3-5,10-14,22H2,1-2H3,(H,23,27)(H,24,26). The molecule has 154 valence electrons. The van der Waals surface area contributed by atoms with E-state index in [1.165, 1.54) is 6.92 Å². The summed E-state index contributed by atoms with van der Waals surface area (Å²) in [5.41, 5.74) is 7.45. The normalized spacial score (nSPS) is 17.7. The van der Waals surface area contributed by atoms with Crippen LogP contribution in [0.3, 0.4) is 0 Å². The minimum Gasteiger partial charge on any atom is -0.354 e. The number of benzene rings is 1. The van der Waals surface area contributed by atoms with E-state index in [1.807, 2.05) is 36.1 Å². The number of amides is 3. The molecule has 7 heteroatoms. The molecule has 0 saturated carbocycles. The fourth-order valence-electron chi connectivity index (χ4n) is 3.58. The van der Waals surface area contributed by atoms with Crippen LogP contribution in [0.4, 0.5) is 0 Å². The molecule has 1 aliphatic rings. The van der Waals surface area contributed by atoms with E-state index in [-0.39, 0.29) is 36.2 Å². The van der Waals surface area contributed by atoms with E-state index in [9.17, 15) is 14.4 Å². The van der Waals surface area contributed by atoms with Gasteiger partial charge in [0.25, 0.3) is 0 Å². The number of rotatable bonds is 8. The summed E-state index contributed by atoms with van der Waals surface area (Å²) < 4.78 is 0. The molecule has 1 aromatic rings. The number of piperidine rings is 1. The second kappa shape index (κ2) is 10.8. The zero-order valence-electron chi connectivity index (χ0n) is 16.9. The molecule has 0 aliphatic carbocycles. The van der Waals surface area contributed by atoms with Crippen molar-refractivity contribution in [2.45, 2.75) is 58.0 Å². The van der Waals surface area contributed by atoms with Crippen LogP contribution in [0, 0.1) is 6.92 Å². The van der Waals surface area contributed by atoms with Gasteiger partial charge in [0.05, 0.1) is 12.5 Å². The number of carbonyl (C=O) groups excluding carboxylic acids is 3. The van der Waals surface area contributed by atoms with Gasteiger partial charge in [-0.3, -0.25) is 14.4 Å². The van der Waals surface area contributed by atoms with Crippen molar-refractivity contribution in [2.75, 3.05) is 19.6 Å². The summed E-state index contributed by atoms with van der Waals surface area (Å²) in [7, 11) is 0. The highest BCUT2D eigenvalue weighted by atomic mass is 16.2. The molecule has 2 unspecified atom stereocenters. The van der Waals surface area contributed by atoms with E-state index >= 15 is 0 Å². The highest BCUT2D eigenvalue weighted by Gasteiger charge is 2.29. The summed E-state index contributed by atoms with van der Waals surface area (Å²) in [4.78, 5) is 38.3. The molecule has 1 aromatic carbocycles. The Bertz CT molecular complexity index is 675. The predicted octanol–water partition coefficient (Wildman–Crippen LogP) is 1.41. The summed E-state index contributed by atoms with van der Waals surface area (Å²) in [5.74, 6) is -0.254. The molecule has 3 amide bonds. The summed E-state index contributed by atoms with van der Waals surface area (Å²) in [6.07, 6.45) is 3.35. The van der Waals surface area contributed by atoms with E-state index in [2.05, 4.69) is 10.6 Å². The molecule has 4 N–H and O–H groups in total. The number of carbonyl (C=O) groups is 3. The van der Waals surface area contributed by atoms with Gasteiger partial charge in [0, 0.05) is 39.0 Å². The van der Waals surface area contributed by atoms with Gasteiger partial charge in [-0.25, -0.2) is 0 Å². The molecule has 28 heavy (non-hydrogen) atoms. The maximum atomic E-state index is 13.1. The average Bonchev–Trinajstić information content (AvgIpc) is 2.66. The monoisotopic (exact) mass is 388 g/mol. The van der Waals surface area contributed by atoms with E-state index in [0.29, 0.717) is 26.1 Å². The Morgan fingerprint density at radius 1 is 1.21 bits per heavy atom. The number of nitrogens with two attached hydrogens (primary N) is 1. The molecule has 2 atom stereocenters. The molecule has 1 aliphatic heterocycles. The lowest BCUT2D eigenvalue weighted by molar-refractivity contribution is -0.136. The lowest BCUT2D eigenvalue weighted by Crippen LogP contribution is -2.50. The Kier molecular flexibility index (Phi) is 8.44. The Hall–Kier alpha value is -2.41. The Morgan fingerprint density at radius 2 is 1.93 bits per heavy atom. The van der Waals surface area contributed by atoms with Crippen LogP contribution in [-0.2, 0) is 14.4 Å². The maximum Gasteiger partial charge on any atom is 0.225 e. The van der Waals surface area contributed by atoms with Gasteiger partial charge in [0.1, 0.15) is 0 Å². The molecule has 0 radical (unpaired) electrons. The van der Waals surface area contributed by atoms with Crippen molar-refractivity contribution < 1.29 is 14.4 Å². The van der Waals surface area contributed by atoms with E-state index in [0.717, 1.165) is 30.4 Å². The van der Waals surface area contributed by atoms with Crippen molar-refractivity contribution in [1.82, 2.24) is 15.5 Å². The number of nitrogens with one attached hydrogen (secondary N) is 2. The van der Waals surface area contributed by atoms with Crippen LogP contribution < -0.4 is 16.4 Å². The number of aryl methyl sites for hydroxylation is 1. The topological polar surface area (TPSA) is 105 Å². The Balaban J connectivity index is 2.05. The Labute approximate surface area is 167 Å².